The van der Waals surface area contributed by atoms with Crippen LogP contribution in [0.3, 0.4) is 0 Å². The zero-order chi connectivity index (χ0) is 17.3. The Labute approximate surface area is 149 Å². The molecule has 1 N–H and O–H groups in total. The van der Waals surface area contributed by atoms with E-state index in [2.05, 4.69) is 86.2 Å². The number of fused-ring (bicyclic) bond motifs is 1. The Morgan fingerprint density at radius 2 is 1.87 bits per heavy atom. The summed E-state index contributed by atoms with van der Waals surface area (Å²) in [6.07, 6.45) is 0.553. The van der Waals surface area contributed by atoms with Crippen LogP contribution in [0.5, 0.6) is 0 Å². The van der Waals surface area contributed by atoms with E-state index in [9.17, 15) is 5.11 Å². The number of hydrogen-bond donors (Lipinski definition) is 1. The maximum atomic E-state index is 9.55. The summed E-state index contributed by atoms with van der Waals surface area (Å²) in [5, 5.41) is 12.1. The molecular formula is C19H27BrO2Si. The fourth-order valence-corrected chi connectivity index (χ4v) is 4.15. The summed E-state index contributed by atoms with van der Waals surface area (Å²) >= 11 is 3.57. The van der Waals surface area contributed by atoms with Crippen LogP contribution in [0, 0.1) is 0 Å². The summed E-state index contributed by atoms with van der Waals surface area (Å²) < 4.78 is 7.70. The minimum absolute atomic E-state index is 0.0705. The number of halogens is 1. The van der Waals surface area contributed by atoms with Crippen LogP contribution in [0.15, 0.2) is 40.9 Å². The third-order valence-corrected chi connectivity index (χ3v) is 9.84. The molecule has 126 valence electrons. The molecule has 0 amide bonds. The lowest BCUT2D eigenvalue weighted by Crippen LogP contribution is -2.42. The summed E-state index contributed by atoms with van der Waals surface area (Å²) in [6, 6.07) is 12.6. The van der Waals surface area contributed by atoms with Crippen molar-refractivity contribution in [2.75, 3.05) is 6.61 Å². The highest BCUT2D eigenvalue weighted by molar-refractivity contribution is 9.10. The molecule has 2 aromatic rings. The Morgan fingerprint density at radius 1 is 1.17 bits per heavy atom. The van der Waals surface area contributed by atoms with Crippen molar-refractivity contribution in [2.24, 2.45) is 0 Å². The summed E-state index contributed by atoms with van der Waals surface area (Å²) in [4.78, 5) is 0. The third-order valence-electron chi connectivity index (χ3n) is 4.86. The Morgan fingerprint density at radius 3 is 2.48 bits per heavy atom. The van der Waals surface area contributed by atoms with Gasteiger partial charge in [-0.1, -0.05) is 61.0 Å². The molecular weight excluding hydrogens is 368 g/mol. The molecule has 1 unspecified atom stereocenters. The second kappa shape index (κ2) is 7.05. The molecule has 0 saturated carbocycles. The van der Waals surface area contributed by atoms with E-state index < -0.39 is 8.32 Å². The standard InChI is InChI=1S/C19H27BrO2Si/c1-19(2,3)23(4,5)22-18(11-12-21)16-8-6-7-14-9-10-15(20)13-17(14)16/h6-10,13,18,21H,11-12H2,1-5H3. The summed E-state index contributed by atoms with van der Waals surface area (Å²) in [5.41, 5.74) is 1.17. The van der Waals surface area contributed by atoms with Gasteiger partial charge in [0.15, 0.2) is 8.32 Å². The molecule has 0 fully saturated rings. The molecule has 4 heteroatoms. The average Bonchev–Trinajstić information content (AvgIpc) is 2.44. The number of hydrogen-bond acceptors (Lipinski definition) is 2. The monoisotopic (exact) mass is 394 g/mol. The van der Waals surface area contributed by atoms with Gasteiger partial charge in [-0.05, 0) is 53.0 Å². The molecule has 0 saturated heterocycles. The highest BCUT2D eigenvalue weighted by atomic mass is 79.9. The maximum Gasteiger partial charge on any atom is 0.192 e. The van der Waals surface area contributed by atoms with Crippen molar-refractivity contribution in [3.63, 3.8) is 0 Å². The Balaban J connectivity index is 2.48. The molecule has 2 rings (SSSR count). The number of aliphatic hydroxyl groups is 1. The van der Waals surface area contributed by atoms with Crippen molar-refractivity contribution in [3.8, 4) is 0 Å². The molecule has 1 atom stereocenters. The first-order chi connectivity index (χ1) is 10.7. The molecule has 0 spiro atoms. The second-order valence-corrected chi connectivity index (χ2v) is 13.3. The van der Waals surface area contributed by atoms with E-state index in [-0.39, 0.29) is 17.7 Å². The van der Waals surface area contributed by atoms with Crippen LogP contribution < -0.4 is 0 Å². The van der Waals surface area contributed by atoms with E-state index in [1.165, 1.54) is 16.3 Å². The SMILES string of the molecule is CC(C)(C)[Si](C)(C)OC(CCO)c1cccc2ccc(Br)cc12. The highest BCUT2D eigenvalue weighted by Crippen LogP contribution is 2.41. The number of rotatable bonds is 5. The zero-order valence-corrected chi connectivity index (χ0v) is 17.3. The topological polar surface area (TPSA) is 29.5 Å². The van der Waals surface area contributed by atoms with E-state index in [0.29, 0.717) is 6.42 Å². The van der Waals surface area contributed by atoms with E-state index in [4.69, 9.17) is 4.43 Å². The Kier molecular flexibility index (Phi) is 5.72. The van der Waals surface area contributed by atoms with Crippen LogP contribution in [0.25, 0.3) is 10.8 Å². The normalized spacial score (nSPS) is 14.2. The zero-order valence-electron chi connectivity index (χ0n) is 14.7. The molecule has 0 aliphatic heterocycles. The minimum atomic E-state index is -1.91. The Bertz CT molecular complexity index is 677. The van der Waals surface area contributed by atoms with Crippen LogP contribution in [-0.2, 0) is 4.43 Å². The van der Waals surface area contributed by atoms with Gasteiger partial charge in [-0.25, -0.2) is 0 Å². The molecule has 2 nitrogen and oxygen atoms in total. The molecule has 0 bridgehead atoms. The lowest BCUT2D eigenvalue weighted by molar-refractivity contribution is 0.142. The van der Waals surface area contributed by atoms with Crippen molar-refractivity contribution >= 4 is 35.0 Å². The van der Waals surface area contributed by atoms with Gasteiger partial charge in [0, 0.05) is 11.1 Å². The van der Waals surface area contributed by atoms with Crippen LogP contribution in [-0.4, -0.2) is 20.0 Å². The second-order valence-electron chi connectivity index (χ2n) is 7.59. The maximum absolute atomic E-state index is 9.55. The summed E-state index contributed by atoms with van der Waals surface area (Å²) in [6.45, 7) is 11.4. The predicted molar refractivity (Wildman–Crippen MR) is 104 cm³/mol. The highest BCUT2D eigenvalue weighted by Gasteiger charge is 2.39. The lowest BCUT2D eigenvalue weighted by atomic mass is 9.99. The largest absolute Gasteiger partial charge is 0.410 e. The first-order valence-corrected chi connectivity index (χ1v) is 11.8. The number of benzene rings is 2. The van der Waals surface area contributed by atoms with Crippen LogP contribution >= 0.6 is 15.9 Å². The van der Waals surface area contributed by atoms with Gasteiger partial charge in [0.2, 0.25) is 0 Å². The van der Waals surface area contributed by atoms with E-state index in [0.717, 1.165) is 4.47 Å². The van der Waals surface area contributed by atoms with Gasteiger partial charge in [-0.3, -0.25) is 0 Å². The van der Waals surface area contributed by atoms with Gasteiger partial charge in [0.1, 0.15) is 0 Å². The predicted octanol–water partition coefficient (Wildman–Crippen LogP) is 6.05. The van der Waals surface area contributed by atoms with E-state index >= 15 is 0 Å². The van der Waals surface area contributed by atoms with Gasteiger partial charge >= 0.3 is 0 Å². The van der Waals surface area contributed by atoms with Crippen LogP contribution in [0.1, 0.15) is 38.9 Å². The molecule has 0 aromatic heterocycles. The van der Waals surface area contributed by atoms with Gasteiger partial charge in [-0.2, -0.15) is 0 Å². The van der Waals surface area contributed by atoms with Gasteiger partial charge < -0.3 is 9.53 Å². The summed E-state index contributed by atoms with van der Waals surface area (Å²) in [5.74, 6) is 0. The van der Waals surface area contributed by atoms with Crippen molar-refractivity contribution < 1.29 is 9.53 Å². The van der Waals surface area contributed by atoms with Crippen LogP contribution in [0.4, 0.5) is 0 Å². The van der Waals surface area contributed by atoms with Gasteiger partial charge in [-0.15, -0.1) is 0 Å². The fourth-order valence-electron chi connectivity index (χ4n) is 2.48. The third kappa shape index (κ3) is 4.24. The molecule has 2 aromatic carbocycles. The van der Waals surface area contributed by atoms with E-state index in [1.54, 1.807) is 0 Å². The minimum Gasteiger partial charge on any atom is -0.410 e. The molecule has 0 aliphatic carbocycles. The molecule has 23 heavy (non-hydrogen) atoms. The molecule has 0 aliphatic rings. The Hall–Kier alpha value is -0.683. The molecule has 0 radical (unpaired) electrons. The van der Waals surface area contributed by atoms with Crippen molar-refractivity contribution in [3.05, 3.63) is 46.4 Å². The van der Waals surface area contributed by atoms with Gasteiger partial charge in [0.25, 0.3) is 0 Å². The molecule has 0 heterocycles. The quantitative estimate of drug-likeness (QED) is 0.625. The summed E-state index contributed by atoms with van der Waals surface area (Å²) in [7, 11) is -1.91. The first-order valence-electron chi connectivity index (χ1n) is 8.12. The number of aliphatic hydroxyl groups excluding tert-OH is 1. The average molecular weight is 395 g/mol. The van der Waals surface area contributed by atoms with Crippen molar-refractivity contribution in [2.45, 2.75) is 51.4 Å². The first kappa shape index (κ1) is 18.7. The smallest absolute Gasteiger partial charge is 0.192 e. The fraction of sp³-hybridized carbons (Fsp3) is 0.474. The van der Waals surface area contributed by atoms with Gasteiger partial charge in [0.05, 0.1) is 6.10 Å². The van der Waals surface area contributed by atoms with Crippen molar-refractivity contribution in [1.82, 2.24) is 0 Å². The van der Waals surface area contributed by atoms with Crippen LogP contribution in [0.2, 0.25) is 18.1 Å². The lowest BCUT2D eigenvalue weighted by Gasteiger charge is -2.39. The van der Waals surface area contributed by atoms with Crippen molar-refractivity contribution in [1.29, 1.82) is 0 Å². The van der Waals surface area contributed by atoms with E-state index in [1.807, 2.05) is 0 Å².